The third-order valence-electron chi connectivity index (χ3n) is 12.2. The minimum Gasteiger partial charge on any atom is -0.462 e. The summed E-state index contributed by atoms with van der Waals surface area (Å²) >= 11 is 0. The van der Waals surface area contributed by atoms with Gasteiger partial charge in [-0.1, -0.05) is 244 Å². The fraction of sp³-hybridized carbons (Fsp3) is 0.642. The van der Waals surface area contributed by atoms with Gasteiger partial charge in [0.1, 0.15) is 6.61 Å². The first-order chi connectivity index (χ1) is 35.6. The van der Waals surface area contributed by atoms with Gasteiger partial charge in [0, 0.05) is 19.4 Å². The predicted octanol–water partition coefficient (Wildman–Crippen LogP) is 20.7. The third-order valence-corrected chi connectivity index (χ3v) is 12.2. The fourth-order valence-electron chi connectivity index (χ4n) is 7.80. The minimum absolute atomic E-state index is 0.0478. The predicted molar refractivity (Wildman–Crippen MR) is 315 cm³/mol. The zero-order valence-electron chi connectivity index (χ0n) is 46.9. The van der Waals surface area contributed by atoms with E-state index in [1.54, 1.807) is 0 Å². The number of rotatable bonds is 53. The molecule has 0 fully saturated rings. The number of carbonyl (C=O) groups excluding carboxylic acids is 2. The highest BCUT2D eigenvalue weighted by Crippen LogP contribution is 2.14. The van der Waals surface area contributed by atoms with Crippen molar-refractivity contribution in [3.05, 3.63) is 134 Å². The Labute approximate surface area is 445 Å². The standard InChI is InChI=1S/C67H110O5/c1-4-7-10-13-16-19-22-25-28-31-33-35-38-41-44-47-50-53-56-59-62-70-63-65(72-67(69)61-58-55-52-49-46-43-40-36-30-27-24-21-18-15-12-9-6-3)64-71-66(68)60-57-54-51-48-45-42-39-37-34-32-29-26-23-20-17-14-11-8-5-2/h7,9-10,12,16-21,25-30,33,35,40,43,49,52,65H,4-6,8,11,13-15,22-24,31-32,34,36-39,41-42,44-48,50-51,53-64H2,1-3H3/b10-7-,12-9-,19-16-,20-17-,21-18-,28-25-,29-26-,30-27-,35-33-,43-40-,52-49-. The maximum Gasteiger partial charge on any atom is 0.306 e. The Balaban J connectivity index is 4.41. The van der Waals surface area contributed by atoms with Crippen molar-refractivity contribution < 1.29 is 23.8 Å². The normalized spacial score (nSPS) is 13.2. The Bertz CT molecular complexity index is 1500. The second-order valence-corrected chi connectivity index (χ2v) is 19.1. The average molecular weight is 996 g/mol. The van der Waals surface area contributed by atoms with Crippen LogP contribution in [0.3, 0.4) is 0 Å². The van der Waals surface area contributed by atoms with Crippen LogP contribution in [0.1, 0.15) is 252 Å². The SMILES string of the molecule is CC/C=C\C/C=C\C/C=C\C/C=C\C/C=C\CCCC(=O)OC(COCCCCCCCCC/C=C\C/C=C\C/C=C\C/C=C\CC)COC(=O)CCCCCCCCCCC/C=C\C/C=C\CCCCC. The molecule has 0 N–H and O–H groups in total. The van der Waals surface area contributed by atoms with Crippen LogP contribution in [0.5, 0.6) is 0 Å². The summed E-state index contributed by atoms with van der Waals surface area (Å²) in [6, 6.07) is 0. The molecule has 1 atom stereocenters. The lowest BCUT2D eigenvalue weighted by Crippen LogP contribution is -2.30. The molecule has 0 spiro atoms. The summed E-state index contributed by atoms with van der Waals surface area (Å²) in [7, 11) is 0. The zero-order valence-corrected chi connectivity index (χ0v) is 46.9. The van der Waals surface area contributed by atoms with Gasteiger partial charge < -0.3 is 14.2 Å². The Morgan fingerprint density at radius 3 is 1.04 bits per heavy atom. The van der Waals surface area contributed by atoms with Gasteiger partial charge in [-0.25, -0.2) is 0 Å². The van der Waals surface area contributed by atoms with E-state index < -0.39 is 6.10 Å². The van der Waals surface area contributed by atoms with Gasteiger partial charge in [-0.3, -0.25) is 9.59 Å². The topological polar surface area (TPSA) is 61.8 Å². The van der Waals surface area contributed by atoms with Gasteiger partial charge in [0.05, 0.1) is 6.61 Å². The number of hydrogen-bond donors (Lipinski definition) is 0. The number of esters is 2. The molecule has 0 aliphatic carbocycles. The van der Waals surface area contributed by atoms with Crippen molar-refractivity contribution in [1.29, 1.82) is 0 Å². The maximum absolute atomic E-state index is 12.9. The molecule has 0 amide bonds. The van der Waals surface area contributed by atoms with Crippen LogP contribution < -0.4 is 0 Å². The van der Waals surface area contributed by atoms with Crippen molar-refractivity contribution in [1.82, 2.24) is 0 Å². The van der Waals surface area contributed by atoms with E-state index in [1.165, 1.54) is 103 Å². The highest BCUT2D eigenvalue weighted by Gasteiger charge is 2.17. The second kappa shape index (κ2) is 61.3. The van der Waals surface area contributed by atoms with E-state index in [0.717, 1.165) is 116 Å². The largest absolute Gasteiger partial charge is 0.462 e. The Kier molecular flexibility index (Phi) is 58.0. The Morgan fingerprint density at radius 1 is 0.319 bits per heavy atom. The summed E-state index contributed by atoms with van der Waals surface area (Å²) < 4.78 is 17.4. The van der Waals surface area contributed by atoms with Crippen molar-refractivity contribution in [2.75, 3.05) is 19.8 Å². The summed E-state index contributed by atoms with van der Waals surface area (Å²) in [6.07, 6.45) is 87.7. The third kappa shape index (κ3) is 58.6. The van der Waals surface area contributed by atoms with Crippen LogP contribution in [0.4, 0.5) is 0 Å². The fourth-order valence-corrected chi connectivity index (χ4v) is 7.80. The number of allylic oxidation sites excluding steroid dienone is 22. The van der Waals surface area contributed by atoms with E-state index in [4.69, 9.17) is 14.2 Å². The lowest BCUT2D eigenvalue weighted by Gasteiger charge is -2.18. The molecule has 0 radical (unpaired) electrons. The minimum atomic E-state index is -0.585. The summed E-state index contributed by atoms with van der Waals surface area (Å²) in [6.45, 7) is 7.49. The highest BCUT2D eigenvalue weighted by atomic mass is 16.6. The van der Waals surface area contributed by atoms with E-state index in [2.05, 4.69) is 154 Å². The number of hydrogen-bond acceptors (Lipinski definition) is 5. The molecular weight excluding hydrogens is 885 g/mol. The molecule has 0 saturated carbocycles. The molecule has 0 aromatic rings. The van der Waals surface area contributed by atoms with Gasteiger partial charge in [0.2, 0.25) is 0 Å². The molecule has 5 nitrogen and oxygen atoms in total. The van der Waals surface area contributed by atoms with Crippen LogP contribution in [-0.4, -0.2) is 37.9 Å². The monoisotopic (exact) mass is 995 g/mol. The lowest BCUT2D eigenvalue weighted by atomic mass is 10.1. The molecule has 0 aromatic heterocycles. The van der Waals surface area contributed by atoms with Crippen LogP contribution in [0.2, 0.25) is 0 Å². The number of ether oxygens (including phenoxy) is 3. The second-order valence-electron chi connectivity index (χ2n) is 19.1. The van der Waals surface area contributed by atoms with Crippen molar-refractivity contribution >= 4 is 11.9 Å². The van der Waals surface area contributed by atoms with E-state index in [0.29, 0.717) is 19.4 Å². The first-order valence-electron chi connectivity index (χ1n) is 29.7. The summed E-state index contributed by atoms with van der Waals surface area (Å²) in [5.74, 6) is -0.479. The molecule has 0 rings (SSSR count). The van der Waals surface area contributed by atoms with Crippen LogP contribution in [0.15, 0.2) is 134 Å². The van der Waals surface area contributed by atoms with E-state index in [9.17, 15) is 9.59 Å². The Hall–Kier alpha value is -3.96. The molecule has 0 aliphatic heterocycles. The molecule has 0 saturated heterocycles. The van der Waals surface area contributed by atoms with Crippen LogP contribution in [0.25, 0.3) is 0 Å². The molecule has 1 unspecified atom stereocenters. The molecule has 5 heteroatoms. The highest BCUT2D eigenvalue weighted by molar-refractivity contribution is 5.70. The number of unbranched alkanes of at least 4 members (excludes halogenated alkanes) is 20. The molecule has 72 heavy (non-hydrogen) atoms. The van der Waals surface area contributed by atoms with Crippen LogP contribution >= 0.6 is 0 Å². The summed E-state index contributed by atoms with van der Waals surface area (Å²) in [5, 5.41) is 0. The molecule has 0 aromatic carbocycles. The van der Waals surface area contributed by atoms with Gasteiger partial charge in [0.15, 0.2) is 6.10 Å². The smallest absolute Gasteiger partial charge is 0.306 e. The van der Waals surface area contributed by atoms with Gasteiger partial charge in [-0.2, -0.15) is 0 Å². The van der Waals surface area contributed by atoms with Gasteiger partial charge in [-0.15, -0.1) is 0 Å². The van der Waals surface area contributed by atoms with Gasteiger partial charge >= 0.3 is 11.9 Å². The van der Waals surface area contributed by atoms with Gasteiger partial charge in [-0.05, 0) is 128 Å². The lowest BCUT2D eigenvalue weighted by molar-refractivity contribution is -0.162. The van der Waals surface area contributed by atoms with Crippen molar-refractivity contribution in [2.45, 2.75) is 258 Å². The van der Waals surface area contributed by atoms with Crippen molar-refractivity contribution in [3.8, 4) is 0 Å². The van der Waals surface area contributed by atoms with Crippen molar-refractivity contribution in [3.63, 3.8) is 0 Å². The van der Waals surface area contributed by atoms with E-state index in [-0.39, 0.29) is 25.2 Å². The molecule has 0 aliphatic rings. The number of carbonyl (C=O) groups is 2. The van der Waals surface area contributed by atoms with Crippen molar-refractivity contribution in [2.24, 2.45) is 0 Å². The summed E-state index contributed by atoms with van der Waals surface area (Å²) in [5.41, 5.74) is 0. The van der Waals surface area contributed by atoms with Crippen LogP contribution in [-0.2, 0) is 23.8 Å². The quantitative estimate of drug-likeness (QED) is 0.0345. The van der Waals surface area contributed by atoms with E-state index >= 15 is 0 Å². The average Bonchev–Trinajstić information content (AvgIpc) is 3.38. The Morgan fingerprint density at radius 2 is 0.639 bits per heavy atom. The molecule has 0 bridgehead atoms. The van der Waals surface area contributed by atoms with Gasteiger partial charge in [0.25, 0.3) is 0 Å². The summed E-state index contributed by atoms with van der Waals surface area (Å²) in [4.78, 5) is 25.6. The first kappa shape index (κ1) is 68.0. The zero-order chi connectivity index (χ0) is 52.0. The maximum atomic E-state index is 12.9. The molecule has 0 heterocycles. The molecule has 408 valence electrons. The van der Waals surface area contributed by atoms with Crippen LogP contribution in [0, 0.1) is 0 Å². The van der Waals surface area contributed by atoms with E-state index in [1.807, 2.05) is 0 Å². The first-order valence-corrected chi connectivity index (χ1v) is 29.7. The molecular formula is C67H110O5.